The number of halogens is 2. The second kappa shape index (κ2) is 6.75. The minimum absolute atomic E-state index is 0.359. The zero-order chi connectivity index (χ0) is 13.7. The summed E-state index contributed by atoms with van der Waals surface area (Å²) in [6.07, 6.45) is 0. The van der Waals surface area contributed by atoms with E-state index in [4.69, 9.17) is 27.9 Å². The molecule has 5 heteroatoms. The van der Waals surface area contributed by atoms with Crippen molar-refractivity contribution in [3.8, 4) is 5.75 Å². The molecule has 0 bridgehead atoms. The third-order valence-corrected chi connectivity index (χ3v) is 3.32. The minimum atomic E-state index is 0.359. The van der Waals surface area contributed by atoms with E-state index in [2.05, 4.69) is 10.3 Å². The molecule has 1 aromatic heterocycles. The smallest absolute Gasteiger partial charge is 0.140 e. The van der Waals surface area contributed by atoms with Gasteiger partial charge in [0.05, 0.1) is 16.4 Å². The van der Waals surface area contributed by atoms with Crippen LogP contribution in [0.15, 0.2) is 36.4 Å². The van der Waals surface area contributed by atoms with Crippen molar-refractivity contribution in [2.45, 2.75) is 13.2 Å². The number of rotatable bonds is 5. The van der Waals surface area contributed by atoms with Crippen LogP contribution >= 0.6 is 23.2 Å². The Morgan fingerprint density at radius 3 is 2.63 bits per heavy atom. The lowest BCUT2D eigenvalue weighted by Crippen LogP contribution is -2.08. The predicted molar refractivity (Wildman–Crippen MR) is 77.8 cm³/mol. The molecule has 1 aromatic carbocycles. The average Bonchev–Trinajstić information content (AvgIpc) is 2.41. The summed E-state index contributed by atoms with van der Waals surface area (Å²) in [6, 6.07) is 11.1. The first-order valence-corrected chi connectivity index (χ1v) is 6.62. The van der Waals surface area contributed by atoms with E-state index in [0.717, 1.165) is 17.9 Å². The molecular weight excluding hydrogens is 283 g/mol. The number of nitrogens with zero attached hydrogens (tertiary/aromatic N) is 1. The van der Waals surface area contributed by atoms with Crippen LogP contribution in [-0.2, 0) is 13.2 Å². The monoisotopic (exact) mass is 296 g/mol. The molecule has 0 atom stereocenters. The Bertz CT molecular complexity index is 561. The molecule has 1 N–H and O–H groups in total. The fourth-order valence-corrected chi connectivity index (χ4v) is 1.98. The second-order valence-electron chi connectivity index (χ2n) is 3.99. The van der Waals surface area contributed by atoms with Gasteiger partial charge < -0.3 is 10.1 Å². The molecule has 2 rings (SSSR count). The van der Waals surface area contributed by atoms with Crippen molar-refractivity contribution in [3.63, 3.8) is 0 Å². The van der Waals surface area contributed by atoms with Crippen LogP contribution in [0.5, 0.6) is 5.75 Å². The van der Waals surface area contributed by atoms with Crippen LogP contribution < -0.4 is 10.1 Å². The number of pyridine rings is 1. The van der Waals surface area contributed by atoms with E-state index in [9.17, 15) is 0 Å². The summed E-state index contributed by atoms with van der Waals surface area (Å²) in [6.45, 7) is 1.09. The number of hydrogen-bond donors (Lipinski definition) is 1. The van der Waals surface area contributed by atoms with Crippen molar-refractivity contribution in [2.24, 2.45) is 0 Å². The minimum Gasteiger partial charge on any atom is -0.486 e. The first kappa shape index (κ1) is 14.1. The van der Waals surface area contributed by atoms with Crippen molar-refractivity contribution in [3.05, 3.63) is 57.8 Å². The lowest BCUT2D eigenvalue weighted by Gasteiger charge is -2.09. The summed E-state index contributed by atoms with van der Waals surface area (Å²) in [4.78, 5) is 4.47. The molecule has 0 radical (unpaired) electrons. The highest BCUT2D eigenvalue weighted by Crippen LogP contribution is 2.31. The first-order chi connectivity index (χ1) is 9.20. The van der Waals surface area contributed by atoms with Crippen LogP contribution in [0.3, 0.4) is 0 Å². The molecular formula is C14H14Cl2N2O. The summed E-state index contributed by atoms with van der Waals surface area (Å²) < 4.78 is 5.64. The molecule has 0 unspecified atom stereocenters. The highest BCUT2D eigenvalue weighted by molar-refractivity contribution is 6.42. The maximum Gasteiger partial charge on any atom is 0.140 e. The van der Waals surface area contributed by atoms with E-state index >= 15 is 0 Å². The standard InChI is InChI=1S/C14H14Cl2N2O/c1-17-8-10-4-2-5-11(18-10)9-19-13-7-3-6-12(15)14(13)16/h2-7,17H,8-9H2,1H3. The summed E-state index contributed by atoms with van der Waals surface area (Å²) in [5.41, 5.74) is 1.82. The van der Waals surface area contributed by atoms with Gasteiger partial charge in [0, 0.05) is 6.54 Å². The highest BCUT2D eigenvalue weighted by atomic mass is 35.5. The van der Waals surface area contributed by atoms with Gasteiger partial charge in [-0.1, -0.05) is 35.3 Å². The Labute approximate surface area is 122 Å². The van der Waals surface area contributed by atoms with E-state index in [0.29, 0.717) is 22.4 Å². The maximum absolute atomic E-state index is 6.05. The first-order valence-electron chi connectivity index (χ1n) is 5.87. The predicted octanol–water partition coefficient (Wildman–Crippen LogP) is 3.69. The number of benzene rings is 1. The van der Waals surface area contributed by atoms with E-state index in [1.165, 1.54) is 0 Å². The number of ether oxygens (including phenoxy) is 1. The SMILES string of the molecule is CNCc1cccc(COc2cccc(Cl)c2Cl)n1. The van der Waals surface area contributed by atoms with Crippen LogP contribution in [0.4, 0.5) is 0 Å². The summed E-state index contributed by atoms with van der Waals surface area (Å²) >= 11 is 12.0. The molecule has 0 aliphatic rings. The normalized spacial score (nSPS) is 10.5. The van der Waals surface area contributed by atoms with Gasteiger partial charge in [-0.2, -0.15) is 0 Å². The van der Waals surface area contributed by atoms with Gasteiger partial charge in [0.1, 0.15) is 17.4 Å². The van der Waals surface area contributed by atoms with E-state index in [1.807, 2.05) is 25.2 Å². The molecule has 2 aromatic rings. The Kier molecular flexibility index (Phi) is 5.02. The molecule has 0 saturated heterocycles. The molecule has 0 fully saturated rings. The molecule has 3 nitrogen and oxygen atoms in total. The number of hydrogen-bond acceptors (Lipinski definition) is 3. The zero-order valence-corrected chi connectivity index (χ0v) is 12.0. The second-order valence-corrected chi connectivity index (χ2v) is 4.78. The van der Waals surface area contributed by atoms with Gasteiger partial charge in [-0.3, -0.25) is 4.98 Å². The highest BCUT2D eigenvalue weighted by Gasteiger charge is 2.06. The molecule has 100 valence electrons. The molecule has 0 saturated carbocycles. The number of nitrogens with one attached hydrogen (secondary N) is 1. The van der Waals surface area contributed by atoms with Gasteiger partial charge in [-0.05, 0) is 31.3 Å². The fourth-order valence-electron chi connectivity index (χ4n) is 1.64. The third kappa shape index (κ3) is 3.83. The maximum atomic E-state index is 6.05. The van der Waals surface area contributed by atoms with E-state index < -0.39 is 0 Å². The van der Waals surface area contributed by atoms with Crippen LogP contribution in [-0.4, -0.2) is 12.0 Å². The van der Waals surface area contributed by atoms with Crippen molar-refractivity contribution in [1.82, 2.24) is 10.3 Å². The van der Waals surface area contributed by atoms with Gasteiger partial charge in [-0.15, -0.1) is 0 Å². The number of aromatic nitrogens is 1. The summed E-state index contributed by atoms with van der Waals surface area (Å²) in [5.74, 6) is 0.565. The van der Waals surface area contributed by atoms with Crippen molar-refractivity contribution in [1.29, 1.82) is 0 Å². The largest absolute Gasteiger partial charge is 0.486 e. The molecule has 0 amide bonds. The van der Waals surface area contributed by atoms with Gasteiger partial charge in [0.2, 0.25) is 0 Å². The van der Waals surface area contributed by atoms with Crippen LogP contribution in [0.25, 0.3) is 0 Å². The van der Waals surface area contributed by atoms with Crippen molar-refractivity contribution in [2.75, 3.05) is 7.05 Å². The summed E-state index contributed by atoms with van der Waals surface area (Å²) in [7, 11) is 1.89. The van der Waals surface area contributed by atoms with Crippen molar-refractivity contribution < 1.29 is 4.74 Å². The van der Waals surface area contributed by atoms with Crippen LogP contribution in [0.1, 0.15) is 11.4 Å². The van der Waals surface area contributed by atoms with Crippen molar-refractivity contribution >= 4 is 23.2 Å². The Morgan fingerprint density at radius 1 is 1.11 bits per heavy atom. The van der Waals surface area contributed by atoms with E-state index in [-0.39, 0.29) is 0 Å². The fraction of sp³-hybridized carbons (Fsp3) is 0.214. The van der Waals surface area contributed by atoms with Crippen LogP contribution in [0, 0.1) is 0 Å². The van der Waals surface area contributed by atoms with Gasteiger partial charge in [0.15, 0.2) is 0 Å². The molecule has 19 heavy (non-hydrogen) atoms. The van der Waals surface area contributed by atoms with Gasteiger partial charge >= 0.3 is 0 Å². The average molecular weight is 297 g/mol. The molecule has 0 aliphatic carbocycles. The Balaban J connectivity index is 2.06. The Morgan fingerprint density at radius 2 is 1.84 bits per heavy atom. The molecule has 0 aliphatic heterocycles. The zero-order valence-electron chi connectivity index (χ0n) is 10.5. The van der Waals surface area contributed by atoms with Gasteiger partial charge in [0.25, 0.3) is 0 Å². The lowest BCUT2D eigenvalue weighted by atomic mass is 10.3. The summed E-state index contributed by atoms with van der Waals surface area (Å²) in [5, 5.41) is 3.97. The topological polar surface area (TPSA) is 34.1 Å². The lowest BCUT2D eigenvalue weighted by molar-refractivity contribution is 0.301. The molecule has 0 spiro atoms. The third-order valence-electron chi connectivity index (χ3n) is 2.51. The van der Waals surface area contributed by atoms with Gasteiger partial charge in [-0.25, -0.2) is 0 Å². The quantitative estimate of drug-likeness (QED) is 0.914. The Hall–Kier alpha value is -1.29. The van der Waals surface area contributed by atoms with Crippen LogP contribution in [0.2, 0.25) is 10.0 Å². The molecule has 1 heterocycles. The van der Waals surface area contributed by atoms with E-state index in [1.54, 1.807) is 18.2 Å².